The highest BCUT2D eigenvalue weighted by molar-refractivity contribution is 7.90. The molecule has 0 saturated carbocycles. The van der Waals surface area contributed by atoms with Crippen LogP contribution in [0.5, 0.6) is 5.75 Å². The molecule has 2 N–H and O–H groups in total. The molecule has 1 fully saturated rings. The molecule has 2 aliphatic heterocycles. The maximum Gasteiger partial charge on any atom is 0.143 e. The SMILES string of the molecule is CC(C)(C)[S+]([O-])NC1c2ccncc2OC12CCNCC2. The quantitative estimate of drug-likeness (QED) is 0.814. The second-order valence-corrected chi connectivity index (χ2v) is 8.76. The van der Waals surface area contributed by atoms with Gasteiger partial charge in [0.2, 0.25) is 0 Å². The summed E-state index contributed by atoms with van der Waals surface area (Å²) in [4.78, 5) is 4.15. The Morgan fingerprint density at radius 2 is 2.14 bits per heavy atom. The number of hydrogen-bond donors (Lipinski definition) is 2. The van der Waals surface area contributed by atoms with E-state index in [1.54, 1.807) is 12.4 Å². The highest BCUT2D eigenvalue weighted by Crippen LogP contribution is 2.47. The van der Waals surface area contributed by atoms with Crippen molar-refractivity contribution >= 4 is 11.4 Å². The summed E-state index contributed by atoms with van der Waals surface area (Å²) in [6, 6.07) is 1.93. The third-order valence-electron chi connectivity index (χ3n) is 4.20. The van der Waals surface area contributed by atoms with Gasteiger partial charge in [0.15, 0.2) is 0 Å². The van der Waals surface area contributed by atoms with E-state index in [1.807, 2.05) is 26.8 Å². The fourth-order valence-electron chi connectivity index (χ4n) is 2.97. The first-order chi connectivity index (χ1) is 9.92. The fourth-order valence-corrected chi connectivity index (χ4v) is 3.88. The zero-order valence-electron chi connectivity index (χ0n) is 12.8. The van der Waals surface area contributed by atoms with Gasteiger partial charge in [0, 0.05) is 36.0 Å². The van der Waals surface area contributed by atoms with E-state index in [0.717, 1.165) is 37.2 Å². The third-order valence-corrected chi connectivity index (χ3v) is 5.76. The Labute approximate surface area is 129 Å². The molecule has 2 atom stereocenters. The molecule has 3 heterocycles. The molecule has 2 aliphatic rings. The number of nitrogens with zero attached hydrogens (tertiary/aromatic N) is 1. The second kappa shape index (κ2) is 5.43. The van der Waals surface area contributed by atoms with Gasteiger partial charge in [-0.3, -0.25) is 4.98 Å². The molecule has 6 heteroatoms. The van der Waals surface area contributed by atoms with E-state index in [-0.39, 0.29) is 16.4 Å². The standard InChI is InChI=1S/C15H23N3O2S/c1-14(2,3)21(19)18-13-11-4-7-17-10-12(11)20-15(13)5-8-16-9-6-15/h4,7,10,13,16,18H,5-6,8-9H2,1-3H3. The van der Waals surface area contributed by atoms with Crippen molar-refractivity contribution in [3.8, 4) is 5.75 Å². The molecule has 2 unspecified atom stereocenters. The van der Waals surface area contributed by atoms with Crippen LogP contribution >= 0.6 is 0 Å². The van der Waals surface area contributed by atoms with Crippen LogP contribution in [0, 0.1) is 0 Å². The molecule has 1 spiro atoms. The van der Waals surface area contributed by atoms with Gasteiger partial charge < -0.3 is 14.6 Å². The van der Waals surface area contributed by atoms with E-state index in [4.69, 9.17) is 4.74 Å². The van der Waals surface area contributed by atoms with Crippen molar-refractivity contribution in [1.29, 1.82) is 0 Å². The highest BCUT2D eigenvalue weighted by Gasteiger charge is 2.51. The lowest BCUT2D eigenvalue weighted by molar-refractivity contribution is 0.0317. The number of nitrogens with one attached hydrogen (secondary N) is 2. The normalized spacial score (nSPS) is 25.4. The van der Waals surface area contributed by atoms with Crippen LogP contribution in [0.3, 0.4) is 0 Å². The molecule has 0 amide bonds. The zero-order chi connectivity index (χ0) is 15.1. The maximum atomic E-state index is 12.6. The molecule has 3 rings (SSSR count). The lowest BCUT2D eigenvalue weighted by Gasteiger charge is -2.39. The molecule has 1 saturated heterocycles. The van der Waals surface area contributed by atoms with Gasteiger partial charge in [-0.15, -0.1) is 4.72 Å². The lowest BCUT2D eigenvalue weighted by Crippen LogP contribution is -2.54. The summed E-state index contributed by atoms with van der Waals surface area (Å²) < 4.78 is 21.9. The second-order valence-electron chi connectivity index (χ2n) is 6.76. The van der Waals surface area contributed by atoms with Crippen molar-refractivity contribution in [3.05, 3.63) is 24.0 Å². The summed E-state index contributed by atoms with van der Waals surface area (Å²) >= 11 is -1.13. The molecule has 0 radical (unpaired) electrons. The molecule has 0 aliphatic carbocycles. The Balaban J connectivity index is 1.92. The Hall–Kier alpha value is -0.820. The van der Waals surface area contributed by atoms with E-state index in [9.17, 15) is 4.55 Å². The lowest BCUT2D eigenvalue weighted by atomic mass is 9.84. The Bertz CT molecular complexity index is 512. The summed E-state index contributed by atoms with van der Waals surface area (Å²) in [6.07, 6.45) is 5.35. The van der Waals surface area contributed by atoms with E-state index in [1.165, 1.54) is 0 Å². The minimum Gasteiger partial charge on any atom is -0.598 e. The Morgan fingerprint density at radius 1 is 1.43 bits per heavy atom. The van der Waals surface area contributed by atoms with Gasteiger partial charge in [-0.25, -0.2) is 0 Å². The molecule has 1 aromatic heterocycles. The molecule has 1 aromatic rings. The first-order valence-corrected chi connectivity index (χ1v) is 8.59. The van der Waals surface area contributed by atoms with E-state index >= 15 is 0 Å². The number of piperidine rings is 1. The van der Waals surface area contributed by atoms with Crippen molar-refractivity contribution in [2.24, 2.45) is 0 Å². The van der Waals surface area contributed by atoms with Crippen LogP contribution in [0.25, 0.3) is 0 Å². The first kappa shape index (κ1) is 15.1. The highest BCUT2D eigenvalue weighted by atomic mass is 32.2. The van der Waals surface area contributed by atoms with Gasteiger partial charge in [0.05, 0.1) is 6.20 Å². The number of aromatic nitrogens is 1. The van der Waals surface area contributed by atoms with E-state index in [2.05, 4.69) is 15.0 Å². The molecule has 0 bridgehead atoms. The average molecular weight is 309 g/mol. The molecule has 0 aromatic carbocycles. The number of fused-ring (bicyclic) bond motifs is 1. The van der Waals surface area contributed by atoms with Crippen molar-refractivity contribution in [2.75, 3.05) is 13.1 Å². The monoisotopic (exact) mass is 309 g/mol. The van der Waals surface area contributed by atoms with E-state index in [0.29, 0.717) is 0 Å². The van der Waals surface area contributed by atoms with Gasteiger partial charge in [0.1, 0.15) is 22.1 Å². The summed E-state index contributed by atoms with van der Waals surface area (Å²) in [5, 5.41) is 3.37. The zero-order valence-corrected chi connectivity index (χ0v) is 13.6. The molecular weight excluding hydrogens is 286 g/mol. The average Bonchev–Trinajstić information content (AvgIpc) is 2.72. The first-order valence-electron chi connectivity index (χ1n) is 7.44. The predicted octanol–water partition coefficient (Wildman–Crippen LogP) is 1.69. The Kier molecular flexibility index (Phi) is 3.90. The van der Waals surface area contributed by atoms with Gasteiger partial charge in [0.25, 0.3) is 0 Å². The largest absolute Gasteiger partial charge is 0.598 e. The van der Waals surface area contributed by atoms with Crippen LogP contribution in [0.1, 0.15) is 45.2 Å². The topological polar surface area (TPSA) is 69.2 Å². The minimum absolute atomic E-state index is 0.0438. The molecule has 21 heavy (non-hydrogen) atoms. The van der Waals surface area contributed by atoms with Crippen LogP contribution in [0.15, 0.2) is 18.5 Å². The summed E-state index contributed by atoms with van der Waals surface area (Å²) in [6.45, 7) is 7.78. The van der Waals surface area contributed by atoms with Crippen LogP contribution in [0.4, 0.5) is 0 Å². The van der Waals surface area contributed by atoms with Crippen LogP contribution in [0.2, 0.25) is 0 Å². The number of ether oxygens (including phenoxy) is 1. The third kappa shape index (κ3) is 2.77. The molecule has 5 nitrogen and oxygen atoms in total. The predicted molar refractivity (Wildman–Crippen MR) is 83.5 cm³/mol. The summed E-state index contributed by atoms with van der Waals surface area (Å²) in [5.74, 6) is 0.822. The fraction of sp³-hybridized carbons (Fsp3) is 0.667. The van der Waals surface area contributed by atoms with Gasteiger partial charge in [-0.05, 0) is 39.9 Å². The van der Waals surface area contributed by atoms with Gasteiger partial charge in [-0.2, -0.15) is 0 Å². The smallest absolute Gasteiger partial charge is 0.143 e. The van der Waals surface area contributed by atoms with Crippen molar-refractivity contribution in [3.63, 3.8) is 0 Å². The number of rotatable bonds is 2. The Morgan fingerprint density at radius 3 is 2.81 bits per heavy atom. The minimum atomic E-state index is -1.13. The van der Waals surface area contributed by atoms with Gasteiger partial charge in [-0.1, -0.05) is 0 Å². The summed E-state index contributed by atoms with van der Waals surface area (Å²) in [5.41, 5.74) is 0.766. The number of hydrogen-bond acceptors (Lipinski definition) is 5. The molecule has 116 valence electrons. The van der Waals surface area contributed by atoms with Crippen molar-refractivity contribution < 1.29 is 9.29 Å². The van der Waals surface area contributed by atoms with Gasteiger partial charge >= 0.3 is 0 Å². The number of pyridine rings is 1. The summed E-state index contributed by atoms with van der Waals surface area (Å²) in [7, 11) is 0. The molecular formula is C15H23N3O2S. The maximum absolute atomic E-state index is 12.6. The van der Waals surface area contributed by atoms with Crippen molar-refractivity contribution in [2.45, 2.75) is 50.0 Å². The van der Waals surface area contributed by atoms with E-state index < -0.39 is 11.4 Å². The van der Waals surface area contributed by atoms with Crippen molar-refractivity contribution in [1.82, 2.24) is 15.0 Å². The van der Waals surface area contributed by atoms with Crippen LogP contribution in [-0.4, -0.2) is 33.0 Å². The van der Waals surface area contributed by atoms with Crippen LogP contribution in [-0.2, 0) is 11.4 Å². The van der Waals surface area contributed by atoms with Crippen LogP contribution < -0.4 is 14.8 Å².